The normalized spacial score (nSPS) is 12.5. The van der Waals surface area contributed by atoms with E-state index in [0.29, 0.717) is 28.1 Å². The van der Waals surface area contributed by atoms with Crippen molar-refractivity contribution in [1.29, 1.82) is 0 Å². The summed E-state index contributed by atoms with van der Waals surface area (Å²) < 4.78 is 9.85. The van der Waals surface area contributed by atoms with E-state index in [1.165, 1.54) is 31.4 Å². The highest BCUT2D eigenvalue weighted by atomic mass is 16.5. The van der Waals surface area contributed by atoms with Crippen LogP contribution in [-0.2, 0) is 9.47 Å². The number of rotatable bonds is 6. The topological polar surface area (TPSA) is 123 Å². The van der Waals surface area contributed by atoms with Crippen LogP contribution in [0, 0.1) is 13.8 Å². The first kappa shape index (κ1) is 22.7. The Hall–Kier alpha value is -4.53. The number of carbonyl (C=O) groups is 5. The number of ketones is 1. The smallest absolute Gasteiger partial charge is 0.339 e. The Balaban J connectivity index is 1.44. The maximum absolute atomic E-state index is 12.6. The highest BCUT2D eigenvalue weighted by Crippen LogP contribution is 2.28. The average Bonchev–Trinajstić information content (AvgIpc) is 3.29. The van der Waals surface area contributed by atoms with Gasteiger partial charge in [0.05, 0.1) is 40.7 Å². The SMILES string of the molecule is COC(=O)c1c(C)[nH]c(C(=O)COC(=O)c2ccc(N3C(=O)c4ccccc4C3=O)cc2)c1C. The second-order valence-corrected chi connectivity index (χ2v) is 7.65. The van der Waals surface area contributed by atoms with Crippen molar-refractivity contribution in [3.8, 4) is 0 Å². The maximum Gasteiger partial charge on any atom is 0.339 e. The van der Waals surface area contributed by atoms with E-state index in [2.05, 4.69) is 4.98 Å². The van der Waals surface area contributed by atoms with Gasteiger partial charge in [0.2, 0.25) is 5.78 Å². The fraction of sp³-hybridized carbons (Fsp3) is 0.160. The zero-order valence-corrected chi connectivity index (χ0v) is 18.6. The standard InChI is InChI=1S/C25H20N2O7/c1-13-20(25(32)33-3)14(2)26-21(13)19(28)12-34-24(31)15-8-10-16(11-9-15)27-22(29)17-6-4-5-7-18(17)23(27)30/h4-11,26H,12H2,1-3H3. The Kier molecular flexibility index (Phi) is 5.85. The van der Waals surface area contributed by atoms with Gasteiger partial charge in [-0.1, -0.05) is 12.1 Å². The monoisotopic (exact) mass is 460 g/mol. The number of hydrogen-bond acceptors (Lipinski definition) is 7. The van der Waals surface area contributed by atoms with Crippen LogP contribution >= 0.6 is 0 Å². The average molecular weight is 460 g/mol. The first-order valence-electron chi connectivity index (χ1n) is 10.3. The van der Waals surface area contributed by atoms with E-state index in [9.17, 15) is 24.0 Å². The van der Waals surface area contributed by atoms with E-state index in [0.717, 1.165) is 4.90 Å². The summed E-state index contributed by atoms with van der Waals surface area (Å²) in [6.45, 7) is 2.70. The zero-order chi connectivity index (χ0) is 24.6. The number of Topliss-reactive ketones (excluding diaryl/α,β-unsaturated/α-hetero) is 1. The van der Waals surface area contributed by atoms with Gasteiger partial charge in [0.15, 0.2) is 6.61 Å². The molecule has 1 aliphatic rings. The molecule has 0 aliphatic carbocycles. The van der Waals surface area contributed by atoms with Crippen LogP contribution in [0.4, 0.5) is 5.69 Å². The third-order valence-electron chi connectivity index (χ3n) is 5.60. The number of ether oxygens (including phenoxy) is 2. The molecular weight excluding hydrogens is 440 g/mol. The quantitative estimate of drug-likeness (QED) is 0.340. The molecule has 9 heteroatoms. The van der Waals surface area contributed by atoms with Gasteiger partial charge in [-0.25, -0.2) is 14.5 Å². The van der Waals surface area contributed by atoms with Crippen LogP contribution in [0.2, 0.25) is 0 Å². The Bertz CT molecular complexity index is 1320. The number of aromatic amines is 1. The summed E-state index contributed by atoms with van der Waals surface area (Å²) >= 11 is 0. The van der Waals surface area contributed by atoms with Gasteiger partial charge in [-0.05, 0) is 55.8 Å². The van der Waals surface area contributed by atoms with Crippen molar-refractivity contribution in [1.82, 2.24) is 4.98 Å². The fourth-order valence-electron chi connectivity index (χ4n) is 3.89. The number of fused-ring (bicyclic) bond motifs is 1. The number of H-pyrrole nitrogens is 1. The summed E-state index contributed by atoms with van der Waals surface area (Å²) in [7, 11) is 1.25. The predicted molar refractivity (Wildman–Crippen MR) is 120 cm³/mol. The minimum absolute atomic E-state index is 0.141. The van der Waals surface area contributed by atoms with E-state index in [1.807, 2.05) is 0 Å². The first-order chi connectivity index (χ1) is 16.2. The molecule has 0 saturated heterocycles. The van der Waals surface area contributed by atoms with Crippen LogP contribution in [0.3, 0.4) is 0 Å². The molecular formula is C25H20N2O7. The van der Waals surface area contributed by atoms with Crippen molar-refractivity contribution >= 4 is 35.2 Å². The molecule has 0 spiro atoms. The molecule has 2 amide bonds. The molecule has 0 radical (unpaired) electrons. The molecule has 0 fully saturated rings. The molecule has 0 atom stereocenters. The summed E-state index contributed by atoms with van der Waals surface area (Å²) in [5, 5.41) is 0. The van der Waals surface area contributed by atoms with Gasteiger partial charge in [0.25, 0.3) is 11.8 Å². The van der Waals surface area contributed by atoms with Crippen LogP contribution < -0.4 is 4.90 Å². The third kappa shape index (κ3) is 3.77. The number of aryl methyl sites for hydroxylation is 1. The van der Waals surface area contributed by atoms with E-state index in [4.69, 9.17) is 9.47 Å². The Labute approximate surface area is 194 Å². The minimum atomic E-state index is -0.753. The summed E-state index contributed by atoms with van der Waals surface area (Å²) in [6.07, 6.45) is 0. The van der Waals surface area contributed by atoms with Crippen molar-refractivity contribution in [2.24, 2.45) is 0 Å². The summed E-state index contributed by atoms with van der Waals surface area (Å²) in [6, 6.07) is 12.3. The summed E-state index contributed by atoms with van der Waals surface area (Å²) in [4.78, 5) is 65.9. The van der Waals surface area contributed by atoms with Crippen LogP contribution in [0.25, 0.3) is 0 Å². The van der Waals surface area contributed by atoms with Gasteiger partial charge in [-0.2, -0.15) is 0 Å². The second-order valence-electron chi connectivity index (χ2n) is 7.65. The molecule has 2 aromatic carbocycles. The molecule has 34 heavy (non-hydrogen) atoms. The number of benzene rings is 2. The fourth-order valence-corrected chi connectivity index (χ4v) is 3.89. The van der Waals surface area contributed by atoms with E-state index >= 15 is 0 Å². The molecule has 0 saturated carbocycles. The number of amides is 2. The molecule has 9 nitrogen and oxygen atoms in total. The molecule has 1 N–H and O–H groups in total. The molecule has 4 rings (SSSR count). The first-order valence-corrected chi connectivity index (χ1v) is 10.3. The molecule has 0 bridgehead atoms. The Morgan fingerprint density at radius 3 is 2.03 bits per heavy atom. The summed E-state index contributed by atoms with van der Waals surface area (Å²) in [5.74, 6) is -2.71. The molecule has 1 aliphatic heterocycles. The number of nitrogens with zero attached hydrogens (tertiary/aromatic N) is 1. The molecule has 0 unspecified atom stereocenters. The van der Waals surface area contributed by atoms with Crippen LogP contribution in [0.1, 0.15) is 63.2 Å². The van der Waals surface area contributed by atoms with E-state index in [1.54, 1.807) is 38.1 Å². The van der Waals surface area contributed by atoms with Crippen molar-refractivity contribution in [2.75, 3.05) is 18.6 Å². The van der Waals surface area contributed by atoms with E-state index in [-0.39, 0.29) is 16.8 Å². The number of hydrogen-bond donors (Lipinski definition) is 1. The van der Waals surface area contributed by atoms with Crippen LogP contribution in [-0.4, -0.2) is 48.2 Å². The van der Waals surface area contributed by atoms with Gasteiger partial charge in [-0.15, -0.1) is 0 Å². The largest absolute Gasteiger partial charge is 0.465 e. The van der Waals surface area contributed by atoms with Gasteiger partial charge >= 0.3 is 11.9 Å². The minimum Gasteiger partial charge on any atom is -0.465 e. The van der Waals surface area contributed by atoms with Crippen molar-refractivity contribution in [3.63, 3.8) is 0 Å². The lowest BCUT2D eigenvalue weighted by atomic mass is 10.1. The summed E-state index contributed by atoms with van der Waals surface area (Å²) in [5.41, 5.74) is 2.40. The highest BCUT2D eigenvalue weighted by molar-refractivity contribution is 6.34. The second kappa shape index (κ2) is 8.78. The number of methoxy groups -OCH3 is 1. The lowest BCUT2D eigenvalue weighted by molar-refractivity contribution is 0.0473. The van der Waals surface area contributed by atoms with Crippen LogP contribution in [0.5, 0.6) is 0 Å². The van der Waals surface area contributed by atoms with Gasteiger partial charge < -0.3 is 14.5 Å². The number of anilines is 1. The molecule has 172 valence electrons. The number of imide groups is 1. The molecule has 1 aromatic heterocycles. The molecule has 2 heterocycles. The predicted octanol–water partition coefficient (Wildman–Crippen LogP) is 3.26. The Morgan fingerprint density at radius 2 is 1.47 bits per heavy atom. The van der Waals surface area contributed by atoms with Gasteiger partial charge in [-0.3, -0.25) is 14.4 Å². The number of esters is 2. The third-order valence-corrected chi connectivity index (χ3v) is 5.60. The van der Waals surface area contributed by atoms with Gasteiger partial charge in [0.1, 0.15) is 0 Å². The van der Waals surface area contributed by atoms with E-state index < -0.39 is 36.1 Å². The number of aromatic nitrogens is 1. The van der Waals surface area contributed by atoms with Crippen molar-refractivity contribution in [3.05, 3.63) is 87.7 Å². The number of nitrogens with one attached hydrogen (secondary N) is 1. The highest BCUT2D eigenvalue weighted by Gasteiger charge is 2.36. The maximum atomic E-state index is 12.6. The lowest BCUT2D eigenvalue weighted by Crippen LogP contribution is -2.29. The van der Waals surface area contributed by atoms with Crippen molar-refractivity contribution < 1.29 is 33.4 Å². The number of carbonyl (C=O) groups excluding carboxylic acids is 5. The molecule has 3 aromatic rings. The zero-order valence-electron chi connectivity index (χ0n) is 18.6. The Morgan fingerprint density at radius 1 is 0.882 bits per heavy atom. The lowest BCUT2D eigenvalue weighted by Gasteiger charge is -2.14. The van der Waals surface area contributed by atoms with Crippen molar-refractivity contribution in [2.45, 2.75) is 13.8 Å². The van der Waals surface area contributed by atoms with Gasteiger partial charge in [0, 0.05) is 5.69 Å². The van der Waals surface area contributed by atoms with Crippen LogP contribution in [0.15, 0.2) is 48.5 Å².